The van der Waals surface area contributed by atoms with Crippen LogP contribution in [0, 0.1) is 5.92 Å². The fourth-order valence-corrected chi connectivity index (χ4v) is 2.38. The van der Waals surface area contributed by atoms with Crippen LogP contribution >= 0.6 is 0 Å². The quantitative estimate of drug-likeness (QED) is 0.863. The molecule has 0 unspecified atom stereocenters. The Kier molecular flexibility index (Phi) is 4.72. The zero-order chi connectivity index (χ0) is 13.0. The summed E-state index contributed by atoms with van der Waals surface area (Å²) in [5, 5.41) is 7.43. The van der Waals surface area contributed by atoms with E-state index >= 15 is 0 Å². The van der Waals surface area contributed by atoms with Gasteiger partial charge < -0.3 is 9.84 Å². The second-order valence-corrected chi connectivity index (χ2v) is 5.59. The van der Waals surface area contributed by atoms with Crippen molar-refractivity contribution in [2.45, 2.75) is 39.2 Å². The molecule has 1 saturated heterocycles. The fourth-order valence-electron chi connectivity index (χ4n) is 2.38. The van der Waals surface area contributed by atoms with Crippen LogP contribution in [0.25, 0.3) is 0 Å². The third kappa shape index (κ3) is 3.78. The topological polar surface area (TPSA) is 54.2 Å². The lowest BCUT2D eigenvalue weighted by atomic mass is 9.98. The summed E-state index contributed by atoms with van der Waals surface area (Å²) in [6.45, 7) is 8.33. The number of rotatable bonds is 5. The Morgan fingerprint density at radius 2 is 2.11 bits per heavy atom. The van der Waals surface area contributed by atoms with Crippen molar-refractivity contribution in [1.82, 2.24) is 20.4 Å². The zero-order valence-electron chi connectivity index (χ0n) is 11.6. The number of nitrogens with zero attached hydrogens (tertiary/aromatic N) is 3. The number of nitrogens with one attached hydrogen (secondary N) is 1. The first-order valence-corrected chi connectivity index (χ1v) is 6.87. The van der Waals surface area contributed by atoms with Crippen molar-refractivity contribution < 1.29 is 4.52 Å². The maximum Gasteiger partial charge on any atom is 0.229 e. The molecule has 0 spiro atoms. The molecule has 0 atom stereocenters. The van der Waals surface area contributed by atoms with Crippen LogP contribution in [0.15, 0.2) is 4.52 Å². The highest BCUT2D eigenvalue weighted by molar-refractivity contribution is 4.90. The molecule has 18 heavy (non-hydrogen) atoms. The van der Waals surface area contributed by atoms with Gasteiger partial charge in [0.2, 0.25) is 5.89 Å². The minimum atomic E-state index is 0.306. The largest absolute Gasteiger partial charge is 0.339 e. The van der Waals surface area contributed by atoms with Crippen molar-refractivity contribution in [3.05, 3.63) is 11.7 Å². The van der Waals surface area contributed by atoms with Gasteiger partial charge in [0.1, 0.15) is 0 Å². The Hall–Kier alpha value is -0.940. The monoisotopic (exact) mass is 252 g/mol. The van der Waals surface area contributed by atoms with Crippen LogP contribution in [-0.2, 0) is 6.54 Å². The van der Waals surface area contributed by atoms with E-state index in [1.807, 2.05) is 0 Å². The van der Waals surface area contributed by atoms with Crippen molar-refractivity contribution in [2.24, 2.45) is 5.92 Å². The molecule has 102 valence electrons. The van der Waals surface area contributed by atoms with Gasteiger partial charge in [-0.25, -0.2) is 0 Å². The van der Waals surface area contributed by atoms with Crippen LogP contribution in [-0.4, -0.2) is 41.7 Å². The van der Waals surface area contributed by atoms with Crippen LogP contribution in [0.5, 0.6) is 0 Å². The molecule has 1 aromatic heterocycles. The van der Waals surface area contributed by atoms with Crippen LogP contribution in [0.4, 0.5) is 0 Å². The van der Waals surface area contributed by atoms with Gasteiger partial charge in [-0.15, -0.1) is 0 Å². The number of hydrogen-bond acceptors (Lipinski definition) is 5. The van der Waals surface area contributed by atoms with Crippen LogP contribution in [0.1, 0.15) is 44.3 Å². The molecule has 0 radical (unpaired) electrons. The molecule has 5 nitrogen and oxygen atoms in total. The van der Waals surface area contributed by atoms with E-state index in [0.29, 0.717) is 5.92 Å². The molecule has 0 amide bonds. The predicted molar refractivity (Wildman–Crippen MR) is 70.3 cm³/mol. The van der Waals surface area contributed by atoms with Crippen LogP contribution in [0.2, 0.25) is 0 Å². The molecule has 1 aliphatic rings. The molecule has 0 aromatic carbocycles. The second-order valence-electron chi connectivity index (χ2n) is 5.59. The van der Waals surface area contributed by atoms with Crippen molar-refractivity contribution in [3.8, 4) is 0 Å². The van der Waals surface area contributed by atoms with E-state index in [1.54, 1.807) is 0 Å². The van der Waals surface area contributed by atoms with E-state index in [0.717, 1.165) is 43.8 Å². The Labute approximate surface area is 109 Å². The van der Waals surface area contributed by atoms with Gasteiger partial charge in [-0.05, 0) is 38.9 Å². The summed E-state index contributed by atoms with van der Waals surface area (Å²) in [7, 11) is 2.13. The highest BCUT2D eigenvalue weighted by Gasteiger charge is 2.17. The standard InChI is InChI=1S/C13H24N4O/c1-10(2)13-15-12(16-18-13)9-17(3)8-11-4-6-14-7-5-11/h10-11,14H,4-9H2,1-3H3. The first-order valence-electron chi connectivity index (χ1n) is 6.87. The van der Waals surface area contributed by atoms with Crippen molar-refractivity contribution in [2.75, 3.05) is 26.7 Å². The zero-order valence-corrected chi connectivity index (χ0v) is 11.6. The molecule has 5 heteroatoms. The van der Waals surface area contributed by atoms with Crippen molar-refractivity contribution in [1.29, 1.82) is 0 Å². The smallest absolute Gasteiger partial charge is 0.229 e. The Morgan fingerprint density at radius 3 is 2.72 bits per heavy atom. The summed E-state index contributed by atoms with van der Waals surface area (Å²) in [6, 6.07) is 0. The lowest BCUT2D eigenvalue weighted by molar-refractivity contribution is 0.228. The van der Waals surface area contributed by atoms with E-state index in [9.17, 15) is 0 Å². The first kappa shape index (κ1) is 13.5. The summed E-state index contributed by atoms with van der Waals surface area (Å²) in [4.78, 5) is 6.71. The van der Waals surface area contributed by atoms with E-state index in [1.165, 1.54) is 12.8 Å². The Morgan fingerprint density at radius 1 is 1.39 bits per heavy atom. The first-order chi connectivity index (χ1) is 8.65. The average Bonchev–Trinajstić information content (AvgIpc) is 2.78. The van der Waals surface area contributed by atoms with Crippen molar-refractivity contribution in [3.63, 3.8) is 0 Å². The lowest BCUT2D eigenvalue weighted by Gasteiger charge is -2.26. The summed E-state index contributed by atoms with van der Waals surface area (Å²) >= 11 is 0. The van der Waals surface area contributed by atoms with Gasteiger partial charge in [-0.3, -0.25) is 4.90 Å². The van der Waals surface area contributed by atoms with Crippen LogP contribution in [0.3, 0.4) is 0 Å². The highest BCUT2D eigenvalue weighted by Crippen LogP contribution is 2.15. The fraction of sp³-hybridized carbons (Fsp3) is 0.846. The molecule has 1 aliphatic heterocycles. The molecule has 0 aliphatic carbocycles. The van der Waals surface area contributed by atoms with Gasteiger partial charge in [0.25, 0.3) is 0 Å². The second kappa shape index (κ2) is 6.29. The maximum atomic E-state index is 5.22. The summed E-state index contributed by atoms with van der Waals surface area (Å²) in [6.07, 6.45) is 2.54. The Balaban J connectivity index is 1.80. The summed E-state index contributed by atoms with van der Waals surface area (Å²) < 4.78 is 5.22. The predicted octanol–water partition coefficient (Wildman–Crippen LogP) is 1.62. The number of piperidine rings is 1. The van der Waals surface area contributed by atoms with Crippen LogP contribution < -0.4 is 5.32 Å². The van der Waals surface area contributed by atoms with Gasteiger partial charge >= 0.3 is 0 Å². The minimum Gasteiger partial charge on any atom is -0.339 e. The average molecular weight is 252 g/mol. The maximum absolute atomic E-state index is 5.22. The molecule has 1 fully saturated rings. The third-order valence-corrected chi connectivity index (χ3v) is 3.42. The highest BCUT2D eigenvalue weighted by atomic mass is 16.5. The van der Waals surface area contributed by atoms with Gasteiger partial charge in [-0.1, -0.05) is 19.0 Å². The molecular formula is C13H24N4O. The molecular weight excluding hydrogens is 228 g/mol. The summed E-state index contributed by atoms with van der Waals surface area (Å²) in [5.41, 5.74) is 0. The summed E-state index contributed by atoms with van der Waals surface area (Å²) in [5.74, 6) is 2.64. The minimum absolute atomic E-state index is 0.306. The molecule has 1 aromatic rings. The van der Waals surface area contributed by atoms with E-state index in [4.69, 9.17) is 4.52 Å². The van der Waals surface area contributed by atoms with E-state index in [-0.39, 0.29) is 0 Å². The lowest BCUT2D eigenvalue weighted by Crippen LogP contribution is -2.34. The molecule has 0 saturated carbocycles. The van der Waals surface area contributed by atoms with E-state index < -0.39 is 0 Å². The van der Waals surface area contributed by atoms with Gasteiger partial charge in [0, 0.05) is 12.5 Å². The number of hydrogen-bond donors (Lipinski definition) is 1. The van der Waals surface area contributed by atoms with Gasteiger partial charge in [-0.2, -0.15) is 4.98 Å². The normalized spacial score (nSPS) is 17.8. The number of aromatic nitrogens is 2. The molecule has 2 rings (SSSR count). The van der Waals surface area contributed by atoms with Gasteiger partial charge in [0.15, 0.2) is 5.82 Å². The Bertz CT molecular complexity index is 358. The molecule has 0 bridgehead atoms. The third-order valence-electron chi connectivity index (χ3n) is 3.42. The van der Waals surface area contributed by atoms with E-state index in [2.05, 4.69) is 41.3 Å². The molecule has 1 N–H and O–H groups in total. The SMILES string of the molecule is CC(C)c1nc(CN(C)CC2CCNCC2)no1. The van der Waals surface area contributed by atoms with Crippen molar-refractivity contribution >= 4 is 0 Å². The van der Waals surface area contributed by atoms with Gasteiger partial charge in [0.05, 0.1) is 6.54 Å². The molecule has 2 heterocycles.